The summed E-state index contributed by atoms with van der Waals surface area (Å²) in [6, 6.07) is 18.7. The maximum absolute atomic E-state index is 12.8. The van der Waals surface area contributed by atoms with E-state index in [1.54, 1.807) is 12.3 Å². The molecule has 4 rings (SSSR count). The molecule has 0 saturated heterocycles. The van der Waals surface area contributed by atoms with Gasteiger partial charge in [0, 0.05) is 29.3 Å². The first-order valence-corrected chi connectivity index (χ1v) is 8.65. The molecule has 0 aliphatic heterocycles. The van der Waals surface area contributed by atoms with Crippen molar-refractivity contribution in [1.29, 1.82) is 0 Å². The Morgan fingerprint density at radius 3 is 2.70 bits per heavy atom. The summed E-state index contributed by atoms with van der Waals surface area (Å²) in [4.78, 5) is 17.0. The number of carbonyl (C=O) groups is 1. The molecule has 0 amide bonds. The van der Waals surface area contributed by atoms with E-state index in [0.29, 0.717) is 17.7 Å². The number of nitrogens with zero attached hydrogens (tertiary/aromatic N) is 2. The summed E-state index contributed by atoms with van der Waals surface area (Å²) in [6.45, 7) is 0.409. The molecule has 3 N–H and O–H groups in total. The van der Waals surface area contributed by atoms with Crippen molar-refractivity contribution in [1.82, 2.24) is 15.2 Å². The minimum atomic E-state index is -0.0348. The Hall–Kier alpha value is -3.57. The van der Waals surface area contributed by atoms with Crippen molar-refractivity contribution in [3.05, 3.63) is 94.9 Å². The number of fused-ring (bicyclic) bond motifs is 1. The van der Waals surface area contributed by atoms with Crippen LogP contribution in [0, 0.1) is 0 Å². The zero-order chi connectivity index (χ0) is 18.6. The molecule has 0 aliphatic rings. The molecule has 4 aromatic rings. The van der Waals surface area contributed by atoms with Crippen molar-refractivity contribution in [3.63, 3.8) is 0 Å². The zero-order valence-electron chi connectivity index (χ0n) is 14.6. The van der Waals surface area contributed by atoms with Crippen LogP contribution in [-0.4, -0.2) is 21.0 Å². The first-order chi connectivity index (χ1) is 13.2. The van der Waals surface area contributed by atoms with Gasteiger partial charge < -0.3 is 5.73 Å². The highest BCUT2D eigenvalue weighted by atomic mass is 16.1. The van der Waals surface area contributed by atoms with E-state index >= 15 is 0 Å². The minimum absolute atomic E-state index is 0.0348. The Kier molecular flexibility index (Phi) is 4.60. The highest BCUT2D eigenvalue weighted by Gasteiger charge is 2.12. The van der Waals surface area contributed by atoms with Crippen LogP contribution in [0.25, 0.3) is 23.1 Å². The summed E-state index contributed by atoms with van der Waals surface area (Å²) >= 11 is 0. The van der Waals surface area contributed by atoms with Crippen LogP contribution < -0.4 is 5.73 Å². The lowest BCUT2D eigenvalue weighted by atomic mass is 10.00. The van der Waals surface area contributed by atoms with E-state index in [1.807, 2.05) is 66.7 Å². The number of aromatic nitrogens is 3. The molecular weight excluding hydrogens is 336 g/mol. The first kappa shape index (κ1) is 16.9. The van der Waals surface area contributed by atoms with Crippen molar-refractivity contribution < 1.29 is 4.79 Å². The number of rotatable bonds is 5. The summed E-state index contributed by atoms with van der Waals surface area (Å²) in [7, 11) is 0. The Balaban J connectivity index is 1.64. The van der Waals surface area contributed by atoms with Gasteiger partial charge in [0.25, 0.3) is 0 Å². The van der Waals surface area contributed by atoms with Gasteiger partial charge in [-0.1, -0.05) is 30.3 Å². The van der Waals surface area contributed by atoms with Gasteiger partial charge >= 0.3 is 0 Å². The van der Waals surface area contributed by atoms with Gasteiger partial charge in [0.15, 0.2) is 5.78 Å². The van der Waals surface area contributed by atoms with Gasteiger partial charge in [-0.15, -0.1) is 0 Å². The fraction of sp³-hybridized carbons (Fsp3) is 0.0455. The van der Waals surface area contributed by atoms with Crippen LogP contribution in [0.2, 0.25) is 0 Å². The summed E-state index contributed by atoms with van der Waals surface area (Å²) < 4.78 is 0. The Morgan fingerprint density at radius 1 is 1.00 bits per heavy atom. The smallest absolute Gasteiger partial charge is 0.193 e. The second-order valence-corrected chi connectivity index (χ2v) is 6.19. The third kappa shape index (κ3) is 3.54. The van der Waals surface area contributed by atoms with Crippen molar-refractivity contribution in [2.45, 2.75) is 6.54 Å². The highest BCUT2D eigenvalue weighted by molar-refractivity contribution is 6.10. The minimum Gasteiger partial charge on any atom is -0.326 e. The van der Waals surface area contributed by atoms with Gasteiger partial charge in [-0.2, -0.15) is 5.10 Å². The molecule has 0 aliphatic carbocycles. The number of hydrogen-bond acceptors (Lipinski definition) is 4. The van der Waals surface area contributed by atoms with Crippen molar-refractivity contribution in [2.24, 2.45) is 5.73 Å². The number of carbonyl (C=O) groups excluding carboxylic acids is 1. The summed E-state index contributed by atoms with van der Waals surface area (Å²) in [6.07, 6.45) is 5.57. The molecule has 0 fully saturated rings. The second kappa shape index (κ2) is 7.35. The molecule has 2 aromatic carbocycles. The first-order valence-electron chi connectivity index (χ1n) is 8.65. The molecular formula is C22H18N4O. The molecule has 0 unspecified atom stereocenters. The number of aromatic amines is 1. The summed E-state index contributed by atoms with van der Waals surface area (Å²) in [5, 5.41) is 8.30. The average molecular weight is 354 g/mol. The third-order valence-electron chi connectivity index (χ3n) is 4.38. The molecule has 0 saturated carbocycles. The SMILES string of the molecule is NCc1cccc(C(=O)c2ccc3c(/C=C/c4ccccn4)n[nH]c3c2)c1. The van der Waals surface area contributed by atoms with E-state index in [9.17, 15) is 4.79 Å². The maximum Gasteiger partial charge on any atom is 0.193 e. The molecule has 0 radical (unpaired) electrons. The predicted octanol–water partition coefficient (Wildman–Crippen LogP) is 3.82. The van der Waals surface area contributed by atoms with E-state index in [1.165, 1.54) is 0 Å². The average Bonchev–Trinajstić information content (AvgIpc) is 3.14. The molecule has 0 spiro atoms. The zero-order valence-corrected chi connectivity index (χ0v) is 14.6. The summed E-state index contributed by atoms with van der Waals surface area (Å²) in [5.74, 6) is -0.0348. The molecule has 0 atom stereocenters. The van der Waals surface area contributed by atoms with E-state index in [0.717, 1.165) is 27.9 Å². The molecule has 132 valence electrons. The van der Waals surface area contributed by atoms with Crippen LogP contribution in [-0.2, 0) is 6.54 Å². The second-order valence-electron chi connectivity index (χ2n) is 6.19. The van der Waals surface area contributed by atoms with Gasteiger partial charge in [-0.3, -0.25) is 14.9 Å². The van der Waals surface area contributed by atoms with E-state index in [2.05, 4.69) is 15.2 Å². The standard InChI is InChI=1S/C22H18N4O/c23-14-15-4-3-5-16(12-15)22(27)17-7-9-19-20(25-26-21(19)13-17)10-8-18-6-1-2-11-24-18/h1-13H,14,23H2,(H,25,26)/b10-8+. The van der Waals surface area contributed by atoms with Crippen LogP contribution in [0.5, 0.6) is 0 Å². The molecule has 5 nitrogen and oxygen atoms in total. The number of pyridine rings is 1. The molecule has 27 heavy (non-hydrogen) atoms. The highest BCUT2D eigenvalue weighted by Crippen LogP contribution is 2.21. The van der Waals surface area contributed by atoms with Crippen LogP contribution in [0.3, 0.4) is 0 Å². The largest absolute Gasteiger partial charge is 0.326 e. The van der Waals surface area contributed by atoms with E-state index in [4.69, 9.17) is 5.73 Å². The lowest BCUT2D eigenvalue weighted by molar-refractivity contribution is 0.103. The van der Waals surface area contributed by atoms with Crippen molar-refractivity contribution in [3.8, 4) is 0 Å². The number of ketones is 1. The maximum atomic E-state index is 12.8. The topological polar surface area (TPSA) is 84.7 Å². The lowest BCUT2D eigenvalue weighted by Gasteiger charge is -2.04. The quantitative estimate of drug-likeness (QED) is 0.534. The number of benzene rings is 2. The molecule has 5 heteroatoms. The van der Waals surface area contributed by atoms with Gasteiger partial charge in [0.1, 0.15) is 0 Å². The van der Waals surface area contributed by atoms with Crippen LogP contribution in [0.15, 0.2) is 66.9 Å². The van der Waals surface area contributed by atoms with Gasteiger partial charge in [0.05, 0.1) is 16.9 Å². The van der Waals surface area contributed by atoms with E-state index < -0.39 is 0 Å². The van der Waals surface area contributed by atoms with Gasteiger partial charge in [-0.25, -0.2) is 0 Å². The normalized spacial score (nSPS) is 11.3. The van der Waals surface area contributed by atoms with E-state index in [-0.39, 0.29) is 5.78 Å². The Bertz CT molecular complexity index is 1130. The molecule has 2 heterocycles. The van der Waals surface area contributed by atoms with Crippen LogP contribution >= 0.6 is 0 Å². The number of H-pyrrole nitrogens is 1. The molecule has 2 aromatic heterocycles. The van der Waals surface area contributed by atoms with Gasteiger partial charge in [0.2, 0.25) is 0 Å². The fourth-order valence-electron chi connectivity index (χ4n) is 2.95. The monoisotopic (exact) mass is 354 g/mol. The van der Waals surface area contributed by atoms with Crippen molar-refractivity contribution >= 4 is 28.8 Å². The predicted molar refractivity (Wildman–Crippen MR) is 107 cm³/mol. The number of hydrogen-bond donors (Lipinski definition) is 2. The molecule has 0 bridgehead atoms. The lowest BCUT2D eigenvalue weighted by Crippen LogP contribution is -2.03. The third-order valence-corrected chi connectivity index (χ3v) is 4.38. The number of nitrogens with two attached hydrogens (primary N) is 1. The van der Waals surface area contributed by atoms with Crippen LogP contribution in [0.1, 0.15) is 32.9 Å². The van der Waals surface area contributed by atoms with Gasteiger partial charge in [-0.05, 0) is 48.0 Å². The van der Waals surface area contributed by atoms with Crippen LogP contribution in [0.4, 0.5) is 0 Å². The Labute approximate surface area is 156 Å². The number of nitrogens with one attached hydrogen (secondary N) is 1. The Morgan fingerprint density at radius 2 is 1.89 bits per heavy atom. The van der Waals surface area contributed by atoms with Crippen molar-refractivity contribution in [2.75, 3.05) is 0 Å². The summed E-state index contributed by atoms with van der Waals surface area (Å²) in [5.41, 5.74) is 10.3. The fourth-order valence-corrected chi connectivity index (χ4v) is 2.95.